The molecule has 0 radical (unpaired) electrons. The molecule has 0 saturated carbocycles. The minimum Gasteiger partial charge on any atom is -0.493 e. The number of hydrogen-bond donors (Lipinski definition) is 3. The normalized spacial score (nSPS) is 24.2. The molecule has 154 valence electrons. The molecular weight excluding hydrogens is 376 g/mol. The maximum Gasteiger partial charge on any atom is 0.410 e. The van der Waals surface area contributed by atoms with Crippen LogP contribution in [-0.4, -0.2) is 53.0 Å². The second-order valence-electron chi connectivity index (χ2n) is 8.47. The van der Waals surface area contributed by atoms with Crippen molar-refractivity contribution in [2.24, 2.45) is 5.73 Å². The molecule has 2 aliphatic rings. The number of nitrogens with two attached hydrogens (primary N) is 1. The Kier molecular flexibility index (Phi) is 6.00. The number of fused-ring (bicyclic) bond motifs is 1. The Morgan fingerprint density at radius 1 is 1.39 bits per heavy atom. The summed E-state index contributed by atoms with van der Waals surface area (Å²) >= 11 is 5.51. The van der Waals surface area contributed by atoms with E-state index in [0.29, 0.717) is 24.7 Å². The van der Waals surface area contributed by atoms with Crippen molar-refractivity contribution in [3.8, 4) is 5.75 Å². The molecule has 2 heterocycles. The number of carbonyl (C=O) groups is 1. The Balaban J connectivity index is 1.63. The second-order valence-corrected chi connectivity index (χ2v) is 8.88. The molecule has 3 atom stereocenters. The Hall–Kier alpha value is -2.06. The van der Waals surface area contributed by atoms with Gasteiger partial charge in [0, 0.05) is 36.3 Å². The van der Waals surface area contributed by atoms with E-state index in [2.05, 4.69) is 10.6 Å². The minimum atomic E-state index is -0.536. The van der Waals surface area contributed by atoms with Crippen molar-refractivity contribution >= 4 is 29.1 Å². The quantitative estimate of drug-likeness (QED) is 0.651. The van der Waals surface area contributed by atoms with Gasteiger partial charge in [-0.3, -0.25) is 0 Å². The highest BCUT2D eigenvalue weighted by molar-refractivity contribution is 7.80. The summed E-state index contributed by atoms with van der Waals surface area (Å²) in [6, 6.07) is 5.63. The third kappa shape index (κ3) is 4.86. The average molecular weight is 407 g/mol. The van der Waals surface area contributed by atoms with Crippen LogP contribution in [-0.2, 0) is 11.2 Å². The molecule has 2 aliphatic heterocycles. The number of hydrogen-bond acceptors (Lipinski definition) is 5. The lowest BCUT2D eigenvalue weighted by Gasteiger charge is -2.42. The first kappa shape index (κ1) is 20.7. The van der Waals surface area contributed by atoms with Crippen LogP contribution in [0, 0.1) is 0 Å². The van der Waals surface area contributed by atoms with Crippen LogP contribution >= 0.6 is 12.2 Å². The SMILES string of the molecule is C[C@H]1C[C@@H](N)C(NC(=S)Nc2cccc3c2CCO3)CN1C(=O)OC(C)(C)C. The second kappa shape index (κ2) is 8.13. The van der Waals surface area contributed by atoms with Crippen LogP contribution in [0.3, 0.4) is 0 Å². The van der Waals surface area contributed by atoms with Crippen LogP contribution in [0.25, 0.3) is 0 Å². The molecule has 0 bridgehead atoms. The predicted molar refractivity (Wildman–Crippen MR) is 114 cm³/mol. The number of piperidine rings is 1. The van der Waals surface area contributed by atoms with Crippen LogP contribution in [0.2, 0.25) is 0 Å². The molecule has 1 aromatic carbocycles. The summed E-state index contributed by atoms with van der Waals surface area (Å²) in [5, 5.41) is 7.02. The number of likely N-dealkylation sites (tertiary alicyclic amines) is 1. The highest BCUT2D eigenvalue weighted by Gasteiger charge is 2.36. The number of amides is 1. The Morgan fingerprint density at radius 3 is 2.86 bits per heavy atom. The van der Waals surface area contributed by atoms with E-state index in [-0.39, 0.29) is 24.2 Å². The van der Waals surface area contributed by atoms with Gasteiger partial charge in [-0.25, -0.2) is 4.79 Å². The van der Waals surface area contributed by atoms with Gasteiger partial charge in [-0.15, -0.1) is 0 Å². The van der Waals surface area contributed by atoms with Crippen molar-refractivity contribution in [1.29, 1.82) is 0 Å². The number of nitrogens with one attached hydrogen (secondary N) is 2. The number of benzene rings is 1. The fourth-order valence-electron chi connectivity index (χ4n) is 3.61. The number of thiocarbonyl (C=S) groups is 1. The van der Waals surface area contributed by atoms with Crippen LogP contribution in [0.15, 0.2) is 18.2 Å². The summed E-state index contributed by atoms with van der Waals surface area (Å²) in [5.74, 6) is 0.895. The van der Waals surface area contributed by atoms with Crippen LogP contribution in [0.1, 0.15) is 39.7 Å². The number of rotatable bonds is 2. The summed E-state index contributed by atoms with van der Waals surface area (Å²) in [6.07, 6.45) is 1.21. The summed E-state index contributed by atoms with van der Waals surface area (Å²) < 4.78 is 11.1. The molecule has 1 fully saturated rings. The fourth-order valence-corrected chi connectivity index (χ4v) is 3.87. The first-order valence-corrected chi connectivity index (χ1v) is 10.1. The monoisotopic (exact) mass is 406 g/mol. The summed E-state index contributed by atoms with van der Waals surface area (Å²) in [4.78, 5) is 14.3. The minimum absolute atomic E-state index is 0.0129. The van der Waals surface area contributed by atoms with Gasteiger partial charge in [0.05, 0.1) is 12.6 Å². The van der Waals surface area contributed by atoms with Crippen LogP contribution < -0.4 is 21.1 Å². The summed E-state index contributed by atoms with van der Waals surface area (Å²) in [6.45, 7) is 8.70. The maximum absolute atomic E-state index is 12.6. The standard InChI is InChI=1S/C20H30N4O3S/c1-12-10-14(21)16(11-24(12)19(25)27-20(2,3)4)23-18(28)22-15-6-5-7-17-13(15)8-9-26-17/h5-7,12,14,16H,8-11,21H2,1-4H3,(H2,22,23,28)/t12-,14+,16?/m0/s1. The van der Waals surface area contributed by atoms with Gasteiger partial charge < -0.3 is 30.7 Å². The zero-order valence-corrected chi connectivity index (χ0v) is 17.8. The lowest BCUT2D eigenvalue weighted by molar-refractivity contribution is 0.00730. The van der Waals surface area contributed by atoms with Crippen molar-refractivity contribution in [3.05, 3.63) is 23.8 Å². The first-order valence-electron chi connectivity index (χ1n) is 9.71. The van der Waals surface area contributed by atoms with E-state index in [1.165, 1.54) is 0 Å². The molecule has 1 amide bonds. The smallest absolute Gasteiger partial charge is 0.410 e. The van der Waals surface area contributed by atoms with Crippen LogP contribution in [0.4, 0.5) is 10.5 Å². The highest BCUT2D eigenvalue weighted by Crippen LogP contribution is 2.31. The number of anilines is 1. The molecule has 1 unspecified atom stereocenters. The van der Waals surface area contributed by atoms with Gasteiger partial charge in [-0.05, 0) is 58.5 Å². The number of carbonyl (C=O) groups excluding carboxylic acids is 1. The highest BCUT2D eigenvalue weighted by atomic mass is 32.1. The molecular formula is C20H30N4O3S. The van der Waals surface area contributed by atoms with Crippen LogP contribution in [0.5, 0.6) is 5.75 Å². The zero-order valence-electron chi connectivity index (χ0n) is 17.0. The fraction of sp³-hybridized carbons (Fsp3) is 0.600. The molecule has 1 aromatic rings. The first-order chi connectivity index (χ1) is 13.1. The largest absolute Gasteiger partial charge is 0.493 e. The van der Waals surface area contributed by atoms with Crippen molar-refractivity contribution < 1.29 is 14.3 Å². The summed E-state index contributed by atoms with van der Waals surface area (Å²) in [5.41, 5.74) is 7.87. The van der Waals surface area contributed by atoms with E-state index in [1.54, 1.807) is 4.90 Å². The van der Waals surface area contributed by atoms with E-state index < -0.39 is 5.60 Å². The Bertz CT molecular complexity index is 749. The lowest BCUT2D eigenvalue weighted by Crippen LogP contribution is -2.62. The van der Waals surface area contributed by atoms with E-state index in [1.807, 2.05) is 45.9 Å². The molecule has 4 N–H and O–H groups in total. The van der Waals surface area contributed by atoms with E-state index in [9.17, 15) is 4.79 Å². The van der Waals surface area contributed by atoms with Gasteiger partial charge in [-0.1, -0.05) is 6.07 Å². The topological polar surface area (TPSA) is 88.9 Å². The summed E-state index contributed by atoms with van der Waals surface area (Å²) in [7, 11) is 0. The van der Waals surface area contributed by atoms with Crippen molar-refractivity contribution in [3.63, 3.8) is 0 Å². The maximum atomic E-state index is 12.6. The molecule has 1 saturated heterocycles. The molecule has 7 nitrogen and oxygen atoms in total. The predicted octanol–water partition coefficient (Wildman–Crippen LogP) is 2.63. The van der Waals surface area contributed by atoms with Crippen molar-refractivity contribution in [2.75, 3.05) is 18.5 Å². The van der Waals surface area contributed by atoms with E-state index >= 15 is 0 Å². The molecule has 0 spiro atoms. The molecule has 8 heteroatoms. The van der Waals surface area contributed by atoms with E-state index in [4.69, 9.17) is 27.4 Å². The molecule has 28 heavy (non-hydrogen) atoms. The Labute approximate surface area is 171 Å². The molecule has 0 aromatic heterocycles. The van der Waals surface area contributed by atoms with Gasteiger partial charge in [-0.2, -0.15) is 0 Å². The molecule has 0 aliphatic carbocycles. The van der Waals surface area contributed by atoms with Gasteiger partial charge in [0.2, 0.25) is 0 Å². The third-order valence-electron chi connectivity index (χ3n) is 4.99. The zero-order chi connectivity index (χ0) is 20.5. The molecule has 3 rings (SSSR count). The van der Waals surface area contributed by atoms with Crippen molar-refractivity contribution in [2.45, 2.75) is 64.3 Å². The average Bonchev–Trinajstić information content (AvgIpc) is 3.05. The van der Waals surface area contributed by atoms with Gasteiger partial charge in [0.1, 0.15) is 11.4 Å². The van der Waals surface area contributed by atoms with Gasteiger partial charge in [0.25, 0.3) is 0 Å². The van der Waals surface area contributed by atoms with E-state index in [0.717, 1.165) is 23.4 Å². The number of nitrogens with zero attached hydrogens (tertiary/aromatic N) is 1. The Morgan fingerprint density at radius 2 is 2.14 bits per heavy atom. The number of ether oxygens (including phenoxy) is 2. The lowest BCUT2D eigenvalue weighted by atomic mass is 9.95. The van der Waals surface area contributed by atoms with Gasteiger partial charge in [0.15, 0.2) is 5.11 Å². The van der Waals surface area contributed by atoms with Gasteiger partial charge >= 0.3 is 6.09 Å². The third-order valence-corrected chi connectivity index (χ3v) is 5.21. The van der Waals surface area contributed by atoms with Crippen molar-refractivity contribution in [1.82, 2.24) is 10.2 Å².